The van der Waals surface area contributed by atoms with Gasteiger partial charge in [0.2, 0.25) is 15.9 Å². The molecule has 0 aromatic heterocycles. The highest BCUT2D eigenvalue weighted by molar-refractivity contribution is 7.89. The quantitative estimate of drug-likeness (QED) is 0.807. The van der Waals surface area contributed by atoms with E-state index in [1.165, 1.54) is 4.31 Å². The van der Waals surface area contributed by atoms with Crippen molar-refractivity contribution in [1.29, 1.82) is 0 Å². The van der Waals surface area contributed by atoms with Crippen LogP contribution in [0.2, 0.25) is 0 Å². The predicted octanol–water partition coefficient (Wildman–Crippen LogP) is 0.259. The van der Waals surface area contributed by atoms with Crippen LogP contribution in [0.3, 0.4) is 0 Å². The summed E-state index contributed by atoms with van der Waals surface area (Å²) in [6.07, 6.45) is 3.46. The Morgan fingerprint density at radius 2 is 1.86 bits per heavy atom. The van der Waals surface area contributed by atoms with Crippen LogP contribution < -0.4 is 5.32 Å². The van der Waals surface area contributed by atoms with Crippen LogP contribution in [0, 0.1) is 5.92 Å². The van der Waals surface area contributed by atoms with Gasteiger partial charge in [0, 0.05) is 38.1 Å². The van der Waals surface area contributed by atoms with Gasteiger partial charge >= 0.3 is 0 Å². The first-order valence-electron chi connectivity index (χ1n) is 7.91. The maximum absolute atomic E-state index is 12.6. The highest BCUT2D eigenvalue weighted by atomic mass is 32.2. The predicted molar refractivity (Wildman–Crippen MR) is 82.4 cm³/mol. The third-order valence-electron chi connectivity index (χ3n) is 4.70. The second kappa shape index (κ2) is 7.07. The Bertz CT molecular complexity index is 458. The van der Waals surface area contributed by atoms with Gasteiger partial charge in [-0.25, -0.2) is 12.7 Å². The summed E-state index contributed by atoms with van der Waals surface area (Å²) >= 11 is 0. The van der Waals surface area contributed by atoms with Crippen LogP contribution in [0.5, 0.6) is 0 Å². The van der Waals surface area contributed by atoms with Crippen molar-refractivity contribution >= 4 is 15.9 Å². The highest BCUT2D eigenvalue weighted by Crippen LogP contribution is 2.23. The van der Waals surface area contributed by atoms with Crippen LogP contribution in [0.15, 0.2) is 0 Å². The number of piperidine rings is 2. The van der Waals surface area contributed by atoms with Gasteiger partial charge in [-0.3, -0.25) is 4.79 Å². The van der Waals surface area contributed by atoms with Crippen LogP contribution in [0.4, 0.5) is 0 Å². The average Bonchev–Trinajstić information content (AvgIpc) is 2.54. The standard InChI is InChI=1S/C14H27N3O3S/c1-3-21(19,20)17-9-6-12(7-10-17)14(18)16-8-4-5-13(11-16)15-2/h12-13,15H,3-11H2,1-2H3. The van der Waals surface area contributed by atoms with Gasteiger partial charge in [0.15, 0.2) is 0 Å². The molecule has 0 spiro atoms. The summed E-state index contributed by atoms with van der Waals surface area (Å²) in [5, 5.41) is 3.24. The zero-order chi connectivity index (χ0) is 15.5. The second-order valence-electron chi connectivity index (χ2n) is 5.99. The van der Waals surface area contributed by atoms with E-state index in [2.05, 4.69) is 5.32 Å². The van der Waals surface area contributed by atoms with Crippen molar-refractivity contribution in [3.63, 3.8) is 0 Å². The summed E-state index contributed by atoms with van der Waals surface area (Å²) in [6, 6.07) is 0.392. The summed E-state index contributed by atoms with van der Waals surface area (Å²) in [5.41, 5.74) is 0. The number of likely N-dealkylation sites (N-methyl/N-ethyl adjacent to an activating group) is 1. The minimum atomic E-state index is -3.11. The molecule has 2 aliphatic heterocycles. The van der Waals surface area contributed by atoms with Crippen LogP contribution in [0.25, 0.3) is 0 Å². The van der Waals surface area contributed by atoms with Crippen molar-refractivity contribution in [1.82, 2.24) is 14.5 Å². The number of nitrogens with zero attached hydrogens (tertiary/aromatic N) is 2. The second-order valence-corrected chi connectivity index (χ2v) is 8.24. The van der Waals surface area contributed by atoms with Crippen molar-refractivity contribution in [2.45, 2.75) is 38.6 Å². The molecule has 2 aliphatic rings. The van der Waals surface area contributed by atoms with Gasteiger partial charge in [0.1, 0.15) is 0 Å². The number of nitrogens with one attached hydrogen (secondary N) is 1. The molecule has 1 amide bonds. The molecular formula is C14H27N3O3S. The monoisotopic (exact) mass is 317 g/mol. The minimum absolute atomic E-state index is 0.0103. The van der Waals surface area contributed by atoms with E-state index in [0.29, 0.717) is 32.0 Å². The maximum atomic E-state index is 12.6. The Labute approximate surface area is 127 Å². The fraction of sp³-hybridized carbons (Fsp3) is 0.929. The Morgan fingerprint density at radius 3 is 2.43 bits per heavy atom. The Balaban J connectivity index is 1.88. The van der Waals surface area contributed by atoms with Crippen LogP contribution in [-0.4, -0.2) is 68.6 Å². The van der Waals surface area contributed by atoms with Crippen LogP contribution >= 0.6 is 0 Å². The molecule has 7 heteroatoms. The van der Waals surface area contributed by atoms with Crippen LogP contribution in [0.1, 0.15) is 32.6 Å². The molecule has 2 heterocycles. The molecule has 1 unspecified atom stereocenters. The lowest BCUT2D eigenvalue weighted by molar-refractivity contribution is -0.138. The summed E-state index contributed by atoms with van der Waals surface area (Å²) in [6.45, 7) is 4.25. The largest absolute Gasteiger partial charge is 0.341 e. The molecule has 0 saturated carbocycles. The maximum Gasteiger partial charge on any atom is 0.225 e. The lowest BCUT2D eigenvalue weighted by atomic mass is 9.95. The first kappa shape index (κ1) is 16.7. The molecular weight excluding hydrogens is 290 g/mol. The fourth-order valence-corrected chi connectivity index (χ4v) is 4.37. The van der Waals surface area contributed by atoms with E-state index >= 15 is 0 Å². The summed E-state index contributed by atoms with van der Waals surface area (Å²) in [4.78, 5) is 14.5. The van der Waals surface area contributed by atoms with Gasteiger partial charge in [-0.15, -0.1) is 0 Å². The third kappa shape index (κ3) is 3.96. The molecule has 0 bridgehead atoms. The Hall–Kier alpha value is -0.660. The number of hydrogen-bond acceptors (Lipinski definition) is 4. The van der Waals surface area contributed by atoms with Crippen molar-refractivity contribution in [3.05, 3.63) is 0 Å². The number of amides is 1. The minimum Gasteiger partial charge on any atom is -0.341 e. The first-order chi connectivity index (χ1) is 9.97. The lowest BCUT2D eigenvalue weighted by Gasteiger charge is -2.37. The van der Waals surface area contributed by atoms with E-state index in [-0.39, 0.29) is 17.6 Å². The molecule has 2 rings (SSSR count). The molecule has 0 aromatic rings. The van der Waals surface area contributed by atoms with E-state index in [0.717, 1.165) is 25.9 Å². The molecule has 21 heavy (non-hydrogen) atoms. The normalized spacial score (nSPS) is 26.0. The molecule has 0 aromatic carbocycles. The zero-order valence-corrected chi connectivity index (χ0v) is 13.9. The molecule has 6 nitrogen and oxygen atoms in total. The van der Waals surface area contributed by atoms with Gasteiger partial charge in [-0.1, -0.05) is 0 Å². The van der Waals surface area contributed by atoms with Gasteiger partial charge in [-0.2, -0.15) is 0 Å². The van der Waals surface area contributed by atoms with Crippen LogP contribution in [-0.2, 0) is 14.8 Å². The lowest BCUT2D eigenvalue weighted by Crippen LogP contribution is -2.50. The van der Waals surface area contributed by atoms with E-state index in [4.69, 9.17) is 0 Å². The van der Waals surface area contributed by atoms with Gasteiger partial charge < -0.3 is 10.2 Å². The molecule has 122 valence electrons. The number of rotatable bonds is 4. The SMILES string of the molecule is CCS(=O)(=O)N1CCC(C(=O)N2CCCC(NC)C2)CC1. The smallest absolute Gasteiger partial charge is 0.225 e. The summed E-state index contributed by atoms with van der Waals surface area (Å²) < 4.78 is 25.2. The molecule has 1 atom stereocenters. The average molecular weight is 317 g/mol. The van der Waals surface area contributed by atoms with E-state index in [1.54, 1.807) is 6.92 Å². The topological polar surface area (TPSA) is 69.7 Å². The van der Waals surface area contributed by atoms with Crippen molar-refractivity contribution in [2.24, 2.45) is 5.92 Å². The number of hydrogen-bond donors (Lipinski definition) is 1. The third-order valence-corrected chi connectivity index (χ3v) is 6.58. The molecule has 0 radical (unpaired) electrons. The first-order valence-corrected chi connectivity index (χ1v) is 9.52. The van der Waals surface area contributed by atoms with Crippen molar-refractivity contribution < 1.29 is 13.2 Å². The van der Waals surface area contributed by atoms with Gasteiger partial charge in [0.05, 0.1) is 5.75 Å². The van der Waals surface area contributed by atoms with Gasteiger partial charge in [0.25, 0.3) is 0 Å². The summed E-state index contributed by atoms with van der Waals surface area (Å²) in [7, 11) is -1.17. The summed E-state index contributed by atoms with van der Waals surface area (Å²) in [5.74, 6) is 0.342. The Kier molecular flexibility index (Phi) is 5.62. The number of likely N-dealkylation sites (tertiary alicyclic amines) is 1. The molecule has 1 N–H and O–H groups in total. The zero-order valence-electron chi connectivity index (χ0n) is 13.0. The van der Waals surface area contributed by atoms with E-state index < -0.39 is 10.0 Å². The highest BCUT2D eigenvalue weighted by Gasteiger charge is 2.33. The Morgan fingerprint density at radius 1 is 1.19 bits per heavy atom. The van der Waals surface area contributed by atoms with Crippen molar-refractivity contribution in [3.8, 4) is 0 Å². The van der Waals surface area contributed by atoms with E-state index in [1.807, 2.05) is 11.9 Å². The fourth-order valence-electron chi connectivity index (χ4n) is 3.23. The van der Waals surface area contributed by atoms with E-state index in [9.17, 15) is 13.2 Å². The number of sulfonamides is 1. The van der Waals surface area contributed by atoms with Crippen molar-refractivity contribution in [2.75, 3.05) is 39.0 Å². The van der Waals surface area contributed by atoms with Gasteiger partial charge in [-0.05, 0) is 39.7 Å². The molecule has 2 saturated heterocycles. The molecule has 0 aliphatic carbocycles. The molecule has 2 fully saturated rings. The number of carbonyl (C=O) groups is 1. The number of carbonyl (C=O) groups excluding carboxylic acids is 1.